The SMILES string of the molecule is CN=C(NCc1cc2ccccc2[nH]1)N1CCN(C(C)C(F)(F)F)CC1.I. The number of benzene rings is 1. The summed E-state index contributed by atoms with van der Waals surface area (Å²) in [6, 6.07) is 8.72. The topological polar surface area (TPSA) is 46.7 Å². The maximum Gasteiger partial charge on any atom is 0.403 e. The Morgan fingerprint density at radius 3 is 2.48 bits per heavy atom. The predicted octanol–water partition coefficient (Wildman–Crippen LogP) is 3.43. The van der Waals surface area contributed by atoms with E-state index in [0.717, 1.165) is 16.6 Å². The molecule has 2 heterocycles. The summed E-state index contributed by atoms with van der Waals surface area (Å²) in [7, 11) is 1.69. The van der Waals surface area contributed by atoms with Crippen LogP contribution in [0.2, 0.25) is 0 Å². The number of aromatic nitrogens is 1. The normalized spacial score (nSPS) is 17.7. The van der Waals surface area contributed by atoms with Crippen LogP contribution in [0, 0.1) is 0 Å². The van der Waals surface area contributed by atoms with Crippen molar-refractivity contribution in [3.63, 3.8) is 0 Å². The second-order valence-corrected chi connectivity index (χ2v) is 6.52. The molecule has 1 aliphatic heterocycles. The fourth-order valence-electron chi connectivity index (χ4n) is 3.26. The van der Waals surface area contributed by atoms with Gasteiger partial charge in [0.25, 0.3) is 0 Å². The number of H-pyrrole nitrogens is 1. The predicted molar refractivity (Wildman–Crippen MR) is 113 cm³/mol. The number of rotatable bonds is 3. The van der Waals surface area contributed by atoms with Gasteiger partial charge in [0, 0.05) is 44.4 Å². The van der Waals surface area contributed by atoms with Crippen LogP contribution in [-0.2, 0) is 6.54 Å². The number of halogens is 4. The molecule has 0 bridgehead atoms. The molecule has 0 radical (unpaired) electrons. The lowest BCUT2D eigenvalue weighted by Gasteiger charge is -2.39. The van der Waals surface area contributed by atoms with Crippen molar-refractivity contribution in [2.45, 2.75) is 25.7 Å². The van der Waals surface area contributed by atoms with Gasteiger partial charge in [-0.3, -0.25) is 9.89 Å². The third kappa shape index (κ3) is 5.28. The molecule has 1 aromatic carbocycles. The maximum absolute atomic E-state index is 12.9. The van der Waals surface area contributed by atoms with Gasteiger partial charge in [-0.1, -0.05) is 18.2 Å². The molecule has 3 rings (SSSR count). The molecule has 1 saturated heterocycles. The number of guanidine groups is 1. The number of piperazine rings is 1. The highest BCUT2D eigenvalue weighted by atomic mass is 127. The number of para-hydroxylation sites is 1. The standard InChI is InChI=1S/C18H24F3N5.HI/c1-13(18(19,20)21)25-7-9-26(10-8-25)17(22-2)23-12-15-11-14-5-3-4-6-16(14)24-15;/h3-6,11,13,24H,7-10,12H2,1-2H3,(H,22,23);1H. The van der Waals surface area contributed by atoms with Crippen molar-refractivity contribution in [1.29, 1.82) is 0 Å². The zero-order valence-corrected chi connectivity index (χ0v) is 17.7. The first-order valence-electron chi connectivity index (χ1n) is 8.71. The summed E-state index contributed by atoms with van der Waals surface area (Å²) in [6.07, 6.45) is -4.18. The summed E-state index contributed by atoms with van der Waals surface area (Å²) in [6.45, 7) is 3.58. The number of nitrogens with zero attached hydrogens (tertiary/aromatic N) is 3. The van der Waals surface area contributed by atoms with E-state index in [-0.39, 0.29) is 24.0 Å². The van der Waals surface area contributed by atoms with Crippen molar-refractivity contribution < 1.29 is 13.2 Å². The molecular weight excluding hydrogens is 470 g/mol. The Balaban J connectivity index is 0.00000261. The Hall–Kier alpha value is -1.49. The van der Waals surface area contributed by atoms with Gasteiger partial charge in [0.1, 0.15) is 6.04 Å². The maximum atomic E-state index is 12.9. The minimum Gasteiger partial charge on any atom is -0.357 e. The highest BCUT2D eigenvalue weighted by Gasteiger charge is 2.41. The van der Waals surface area contributed by atoms with Crippen molar-refractivity contribution in [3.8, 4) is 0 Å². The molecule has 1 atom stereocenters. The summed E-state index contributed by atoms with van der Waals surface area (Å²) in [5.74, 6) is 0.711. The van der Waals surface area contributed by atoms with Gasteiger partial charge in [-0.05, 0) is 24.4 Å². The van der Waals surface area contributed by atoms with Crippen LogP contribution in [0.1, 0.15) is 12.6 Å². The summed E-state index contributed by atoms with van der Waals surface area (Å²) >= 11 is 0. The zero-order valence-electron chi connectivity index (χ0n) is 15.4. The molecule has 2 N–H and O–H groups in total. The summed E-state index contributed by atoms with van der Waals surface area (Å²) in [5.41, 5.74) is 2.12. The average molecular weight is 495 g/mol. The van der Waals surface area contributed by atoms with Crippen LogP contribution in [0.5, 0.6) is 0 Å². The van der Waals surface area contributed by atoms with Crippen molar-refractivity contribution >= 4 is 40.8 Å². The minimum absolute atomic E-state index is 0. The quantitative estimate of drug-likeness (QED) is 0.390. The smallest absolute Gasteiger partial charge is 0.357 e. The van der Waals surface area contributed by atoms with Crippen LogP contribution >= 0.6 is 24.0 Å². The molecule has 1 unspecified atom stereocenters. The first kappa shape index (κ1) is 21.8. The van der Waals surface area contributed by atoms with E-state index in [0.29, 0.717) is 38.7 Å². The molecule has 0 spiro atoms. The molecule has 0 aliphatic carbocycles. The van der Waals surface area contributed by atoms with Crippen molar-refractivity contribution in [2.75, 3.05) is 33.2 Å². The number of nitrogens with one attached hydrogen (secondary N) is 2. The van der Waals surface area contributed by atoms with E-state index < -0.39 is 12.2 Å². The zero-order chi connectivity index (χ0) is 18.7. The van der Waals surface area contributed by atoms with Crippen molar-refractivity contribution in [2.24, 2.45) is 4.99 Å². The molecule has 2 aromatic rings. The lowest BCUT2D eigenvalue weighted by Crippen LogP contribution is -2.56. The third-order valence-corrected chi connectivity index (χ3v) is 4.87. The molecule has 0 saturated carbocycles. The highest BCUT2D eigenvalue weighted by molar-refractivity contribution is 14.0. The number of alkyl halides is 3. The Morgan fingerprint density at radius 2 is 1.89 bits per heavy atom. The Labute approximate surface area is 174 Å². The van der Waals surface area contributed by atoms with Crippen molar-refractivity contribution in [3.05, 3.63) is 36.0 Å². The van der Waals surface area contributed by atoms with E-state index in [1.54, 1.807) is 7.05 Å². The monoisotopic (exact) mass is 495 g/mol. The van der Waals surface area contributed by atoms with Crippen LogP contribution in [-0.4, -0.2) is 66.2 Å². The van der Waals surface area contributed by atoms with Crippen molar-refractivity contribution in [1.82, 2.24) is 20.1 Å². The van der Waals surface area contributed by atoms with Gasteiger partial charge in [-0.25, -0.2) is 0 Å². The number of fused-ring (bicyclic) bond motifs is 1. The first-order valence-corrected chi connectivity index (χ1v) is 8.71. The van der Waals surface area contributed by atoms with Crippen LogP contribution in [0.15, 0.2) is 35.3 Å². The van der Waals surface area contributed by atoms with E-state index in [2.05, 4.69) is 21.4 Å². The number of hydrogen-bond acceptors (Lipinski definition) is 2. The lowest BCUT2D eigenvalue weighted by atomic mass is 10.2. The molecular formula is C18H25F3IN5. The second-order valence-electron chi connectivity index (χ2n) is 6.52. The fraction of sp³-hybridized carbons (Fsp3) is 0.500. The van der Waals surface area contributed by atoms with Crippen LogP contribution < -0.4 is 5.32 Å². The number of hydrogen-bond donors (Lipinski definition) is 2. The molecule has 5 nitrogen and oxygen atoms in total. The molecule has 0 amide bonds. The van der Waals surface area contributed by atoms with Gasteiger partial charge in [0.2, 0.25) is 0 Å². The highest BCUT2D eigenvalue weighted by Crippen LogP contribution is 2.25. The van der Waals surface area contributed by atoms with Crippen LogP contribution in [0.3, 0.4) is 0 Å². The van der Waals surface area contributed by atoms with Gasteiger partial charge in [-0.2, -0.15) is 13.2 Å². The second kappa shape index (κ2) is 9.13. The minimum atomic E-state index is -4.18. The summed E-state index contributed by atoms with van der Waals surface area (Å²) < 4.78 is 38.6. The van der Waals surface area contributed by atoms with Gasteiger partial charge in [0.15, 0.2) is 5.96 Å². The first-order chi connectivity index (χ1) is 12.4. The largest absolute Gasteiger partial charge is 0.403 e. The third-order valence-electron chi connectivity index (χ3n) is 4.87. The van der Waals surface area contributed by atoms with E-state index in [1.807, 2.05) is 29.2 Å². The van der Waals surface area contributed by atoms with E-state index in [9.17, 15) is 13.2 Å². The summed E-state index contributed by atoms with van der Waals surface area (Å²) in [4.78, 5) is 11.1. The molecule has 1 fully saturated rings. The average Bonchev–Trinajstić information content (AvgIpc) is 3.04. The van der Waals surface area contributed by atoms with E-state index >= 15 is 0 Å². The van der Waals surface area contributed by atoms with Gasteiger partial charge >= 0.3 is 6.18 Å². The fourth-order valence-corrected chi connectivity index (χ4v) is 3.26. The van der Waals surface area contributed by atoms with Crippen LogP contribution in [0.25, 0.3) is 10.9 Å². The van der Waals surface area contributed by atoms with E-state index in [1.165, 1.54) is 11.8 Å². The van der Waals surface area contributed by atoms with Crippen LogP contribution in [0.4, 0.5) is 13.2 Å². The molecule has 1 aromatic heterocycles. The summed E-state index contributed by atoms with van der Waals surface area (Å²) in [5, 5.41) is 4.44. The number of aliphatic imine (C=N–C) groups is 1. The molecule has 150 valence electrons. The Morgan fingerprint density at radius 1 is 1.22 bits per heavy atom. The van der Waals surface area contributed by atoms with Gasteiger partial charge in [0.05, 0.1) is 6.54 Å². The number of aromatic amines is 1. The Bertz CT molecular complexity index is 733. The lowest BCUT2D eigenvalue weighted by molar-refractivity contribution is -0.181. The molecule has 9 heteroatoms. The molecule has 1 aliphatic rings. The van der Waals surface area contributed by atoms with Gasteiger partial charge < -0.3 is 15.2 Å². The van der Waals surface area contributed by atoms with E-state index in [4.69, 9.17) is 0 Å². The Kier molecular flexibility index (Phi) is 7.38. The molecule has 27 heavy (non-hydrogen) atoms. The van der Waals surface area contributed by atoms with Gasteiger partial charge in [-0.15, -0.1) is 24.0 Å².